The van der Waals surface area contributed by atoms with Crippen LogP contribution in [0.2, 0.25) is 0 Å². The first-order chi connectivity index (χ1) is 11.7. The maximum absolute atomic E-state index is 5.38. The van der Waals surface area contributed by atoms with Crippen LogP contribution in [0.1, 0.15) is 11.1 Å². The maximum Gasteiger partial charge on any atom is 0.127 e. The molecule has 1 fully saturated rings. The zero-order valence-corrected chi connectivity index (χ0v) is 15.4. The second-order valence-electron chi connectivity index (χ2n) is 5.85. The first-order valence-corrected chi connectivity index (χ1v) is 8.92. The second-order valence-corrected chi connectivity index (χ2v) is 6.76. The van der Waals surface area contributed by atoms with E-state index in [1.165, 1.54) is 5.56 Å². The molecule has 0 spiro atoms. The average molecular weight is 388 g/mol. The number of hydrogen-bond acceptors (Lipinski definition) is 4. The molecule has 0 amide bonds. The summed E-state index contributed by atoms with van der Waals surface area (Å²) in [6.45, 7) is 4.96. The zero-order valence-electron chi connectivity index (χ0n) is 13.9. The number of halogens is 1. The smallest absolute Gasteiger partial charge is 0.127 e. The van der Waals surface area contributed by atoms with Gasteiger partial charge in [-0.2, -0.15) is 5.10 Å². The van der Waals surface area contributed by atoms with Gasteiger partial charge in [0.25, 0.3) is 0 Å². The van der Waals surface area contributed by atoms with E-state index in [1.807, 2.05) is 24.4 Å². The van der Waals surface area contributed by atoms with Crippen LogP contribution in [0.3, 0.4) is 0 Å². The molecule has 0 N–H and O–H groups in total. The summed E-state index contributed by atoms with van der Waals surface area (Å²) in [4.78, 5) is 2.47. The van der Waals surface area contributed by atoms with Crippen LogP contribution in [-0.2, 0) is 6.54 Å². The molecule has 1 heterocycles. The van der Waals surface area contributed by atoms with Crippen LogP contribution in [0.15, 0.2) is 58.1 Å². The summed E-state index contributed by atoms with van der Waals surface area (Å²) in [5.41, 5.74) is 2.35. The Morgan fingerprint density at radius 1 is 1.08 bits per heavy atom. The second kappa shape index (κ2) is 8.31. The Morgan fingerprint density at radius 3 is 2.54 bits per heavy atom. The Kier molecular flexibility index (Phi) is 5.88. The zero-order chi connectivity index (χ0) is 16.8. The molecule has 1 saturated heterocycles. The van der Waals surface area contributed by atoms with Crippen molar-refractivity contribution in [1.82, 2.24) is 9.91 Å². The third kappa shape index (κ3) is 4.58. The molecule has 126 valence electrons. The van der Waals surface area contributed by atoms with E-state index >= 15 is 0 Å². The van der Waals surface area contributed by atoms with E-state index in [0.29, 0.717) is 0 Å². The monoisotopic (exact) mass is 387 g/mol. The molecule has 5 heteroatoms. The molecule has 2 aromatic carbocycles. The van der Waals surface area contributed by atoms with Crippen molar-refractivity contribution in [3.05, 3.63) is 64.1 Å². The van der Waals surface area contributed by atoms with Gasteiger partial charge in [-0.3, -0.25) is 9.91 Å². The van der Waals surface area contributed by atoms with E-state index in [4.69, 9.17) is 4.74 Å². The van der Waals surface area contributed by atoms with Gasteiger partial charge in [0.1, 0.15) is 5.75 Å². The highest BCUT2D eigenvalue weighted by Gasteiger charge is 2.15. The molecule has 0 radical (unpaired) electrons. The summed E-state index contributed by atoms with van der Waals surface area (Å²) in [7, 11) is 1.68. The van der Waals surface area contributed by atoms with Gasteiger partial charge >= 0.3 is 0 Å². The van der Waals surface area contributed by atoms with Crippen molar-refractivity contribution < 1.29 is 4.74 Å². The summed E-state index contributed by atoms with van der Waals surface area (Å²) in [6.07, 6.45) is 1.89. The topological polar surface area (TPSA) is 28.1 Å². The van der Waals surface area contributed by atoms with Crippen molar-refractivity contribution in [3.63, 3.8) is 0 Å². The minimum absolute atomic E-state index is 0.838. The molecule has 0 aromatic heterocycles. The predicted molar refractivity (Wildman–Crippen MR) is 102 cm³/mol. The van der Waals surface area contributed by atoms with Crippen LogP contribution in [0.5, 0.6) is 5.75 Å². The van der Waals surface area contributed by atoms with Crippen molar-refractivity contribution in [3.8, 4) is 5.75 Å². The Hall–Kier alpha value is -1.85. The highest BCUT2D eigenvalue weighted by Crippen LogP contribution is 2.21. The van der Waals surface area contributed by atoms with Crippen LogP contribution in [0, 0.1) is 0 Å². The van der Waals surface area contributed by atoms with E-state index < -0.39 is 0 Å². The number of hydrogen-bond donors (Lipinski definition) is 0. The minimum atomic E-state index is 0.838. The first-order valence-electron chi connectivity index (χ1n) is 8.13. The third-order valence-electron chi connectivity index (χ3n) is 4.15. The fraction of sp³-hybridized carbons (Fsp3) is 0.316. The maximum atomic E-state index is 5.38. The molecular weight excluding hydrogens is 366 g/mol. The lowest BCUT2D eigenvalue weighted by Gasteiger charge is -2.33. The third-order valence-corrected chi connectivity index (χ3v) is 4.64. The number of ether oxygens (including phenoxy) is 1. The van der Waals surface area contributed by atoms with Crippen LogP contribution in [0.4, 0.5) is 0 Å². The van der Waals surface area contributed by atoms with Crippen molar-refractivity contribution in [2.45, 2.75) is 6.54 Å². The number of methoxy groups -OCH3 is 1. The van der Waals surface area contributed by atoms with Crippen molar-refractivity contribution in [2.24, 2.45) is 5.10 Å². The Bertz CT molecular complexity index is 682. The van der Waals surface area contributed by atoms with Crippen molar-refractivity contribution in [1.29, 1.82) is 0 Å². The Morgan fingerprint density at radius 2 is 1.83 bits per heavy atom. The summed E-state index contributed by atoms with van der Waals surface area (Å²) >= 11 is 3.49. The molecule has 3 rings (SSSR count). The van der Waals surface area contributed by atoms with E-state index in [-0.39, 0.29) is 0 Å². The number of piperazine rings is 1. The molecular formula is C19H22BrN3O. The highest BCUT2D eigenvalue weighted by molar-refractivity contribution is 9.10. The van der Waals surface area contributed by atoms with Crippen molar-refractivity contribution in [2.75, 3.05) is 33.3 Å². The molecule has 2 aromatic rings. The SMILES string of the molecule is COc1ccc(Br)cc1/C=N/N1CCN(Cc2ccccc2)CC1. The minimum Gasteiger partial charge on any atom is -0.496 e. The molecule has 1 aliphatic rings. The molecule has 0 unspecified atom stereocenters. The molecule has 0 saturated carbocycles. The normalized spacial score (nSPS) is 15.8. The van der Waals surface area contributed by atoms with Gasteiger partial charge in [0.2, 0.25) is 0 Å². The summed E-state index contributed by atoms with van der Waals surface area (Å²) in [5, 5.41) is 6.75. The Labute approximate surface area is 151 Å². The first kappa shape index (κ1) is 17.0. The average Bonchev–Trinajstić information content (AvgIpc) is 2.62. The number of hydrazone groups is 1. The fourth-order valence-electron chi connectivity index (χ4n) is 2.80. The summed E-state index contributed by atoms with van der Waals surface area (Å²) in [5.74, 6) is 0.838. The number of nitrogens with zero attached hydrogens (tertiary/aromatic N) is 3. The van der Waals surface area contributed by atoms with Gasteiger partial charge in [-0.1, -0.05) is 46.3 Å². The van der Waals surface area contributed by atoms with Crippen LogP contribution in [0.25, 0.3) is 0 Å². The van der Waals surface area contributed by atoms with E-state index in [2.05, 4.69) is 61.3 Å². The molecule has 0 aliphatic carbocycles. The van der Waals surface area contributed by atoms with Crippen LogP contribution >= 0.6 is 15.9 Å². The van der Waals surface area contributed by atoms with Gasteiger partial charge in [-0.25, -0.2) is 0 Å². The largest absolute Gasteiger partial charge is 0.496 e. The van der Waals surface area contributed by atoms with Crippen molar-refractivity contribution >= 4 is 22.1 Å². The van der Waals surface area contributed by atoms with E-state index in [1.54, 1.807) is 7.11 Å². The van der Waals surface area contributed by atoms with Gasteiger partial charge < -0.3 is 4.74 Å². The predicted octanol–water partition coefficient (Wildman–Crippen LogP) is 3.61. The van der Waals surface area contributed by atoms with Gasteiger partial charge in [0.05, 0.1) is 13.3 Å². The molecule has 1 aliphatic heterocycles. The Balaban J connectivity index is 1.55. The number of benzene rings is 2. The standard InChI is InChI=1S/C19H22BrN3O/c1-24-19-8-7-18(20)13-17(19)14-21-23-11-9-22(10-12-23)15-16-5-3-2-4-6-16/h2-8,13-14H,9-12,15H2,1H3/b21-14+. The quantitative estimate of drug-likeness (QED) is 0.733. The van der Waals surface area contributed by atoms with Crippen LogP contribution in [-0.4, -0.2) is 49.4 Å². The van der Waals surface area contributed by atoms with Gasteiger partial charge in [-0.15, -0.1) is 0 Å². The lowest BCUT2D eigenvalue weighted by molar-refractivity contribution is 0.131. The van der Waals surface area contributed by atoms with E-state index in [9.17, 15) is 0 Å². The molecule has 4 nitrogen and oxygen atoms in total. The molecule has 0 atom stereocenters. The lowest BCUT2D eigenvalue weighted by Crippen LogP contribution is -2.43. The summed E-state index contributed by atoms with van der Waals surface area (Å²) in [6, 6.07) is 16.6. The molecule has 24 heavy (non-hydrogen) atoms. The highest BCUT2D eigenvalue weighted by atomic mass is 79.9. The molecule has 0 bridgehead atoms. The van der Waals surface area contributed by atoms with E-state index in [0.717, 1.165) is 48.5 Å². The van der Waals surface area contributed by atoms with Gasteiger partial charge in [0.15, 0.2) is 0 Å². The fourth-order valence-corrected chi connectivity index (χ4v) is 3.18. The lowest BCUT2D eigenvalue weighted by atomic mass is 10.2. The van der Waals surface area contributed by atoms with Gasteiger partial charge in [-0.05, 0) is 23.8 Å². The number of rotatable bonds is 5. The van der Waals surface area contributed by atoms with Crippen LogP contribution < -0.4 is 4.74 Å². The van der Waals surface area contributed by atoms with Gasteiger partial charge in [0, 0.05) is 42.8 Å². The summed E-state index contributed by atoms with van der Waals surface area (Å²) < 4.78 is 6.41.